The molecule has 1 fully saturated rings. The van der Waals surface area contributed by atoms with Crippen LogP contribution in [0.2, 0.25) is 0 Å². The number of rotatable bonds is 3. The number of nitrogens with two attached hydrogens (primary N) is 1. The maximum Gasteiger partial charge on any atom is 0.123 e. The van der Waals surface area contributed by atoms with Gasteiger partial charge in [-0.05, 0) is 63.5 Å². The maximum atomic E-state index is 11.9. The summed E-state index contributed by atoms with van der Waals surface area (Å²) in [5.74, 6) is 0.770. The lowest BCUT2D eigenvalue weighted by Gasteiger charge is -2.29. The highest BCUT2D eigenvalue weighted by Crippen LogP contribution is 2.15. The molecule has 3 heteroatoms. The molecule has 0 bridgehead atoms. The molecule has 0 radical (unpaired) electrons. The van der Waals surface area contributed by atoms with E-state index in [0.29, 0.717) is 0 Å². The summed E-state index contributed by atoms with van der Waals surface area (Å²) in [6.07, 6.45) is 3.92. The average Bonchev–Trinajstić information content (AvgIpc) is 2.40. The highest BCUT2D eigenvalue weighted by molar-refractivity contribution is 5.02. The van der Waals surface area contributed by atoms with Crippen molar-refractivity contribution in [2.45, 2.75) is 26.2 Å². The van der Waals surface area contributed by atoms with E-state index in [1.807, 2.05) is 0 Å². The number of hydrogen-bond donors (Lipinski definition) is 1. The van der Waals surface area contributed by atoms with Crippen LogP contribution < -0.4 is 5.73 Å². The summed E-state index contributed by atoms with van der Waals surface area (Å²) >= 11 is 0. The van der Waals surface area contributed by atoms with Crippen molar-refractivity contribution in [1.82, 2.24) is 4.90 Å². The van der Waals surface area contributed by atoms with E-state index in [1.165, 1.54) is 44.6 Å². The van der Waals surface area contributed by atoms with Crippen LogP contribution in [0, 0.1) is 11.7 Å². The normalized spacial score (nSPS) is 17.1. The van der Waals surface area contributed by atoms with Crippen LogP contribution >= 0.6 is 0 Å². The van der Waals surface area contributed by atoms with Gasteiger partial charge in [-0.1, -0.05) is 25.1 Å². The molecule has 1 aliphatic heterocycles. The molecule has 1 aromatic rings. The second kappa shape index (κ2) is 9.06. The van der Waals surface area contributed by atoms with Gasteiger partial charge in [0.15, 0.2) is 0 Å². The van der Waals surface area contributed by atoms with Crippen LogP contribution in [0.4, 0.5) is 4.39 Å². The molecule has 1 heterocycles. The molecule has 18 heavy (non-hydrogen) atoms. The van der Waals surface area contributed by atoms with Crippen LogP contribution in [0.3, 0.4) is 0 Å². The second-order valence-corrected chi connectivity index (χ2v) is 4.96. The molecule has 102 valence electrons. The Morgan fingerprint density at radius 2 is 1.83 bits per heavy atom. The summed E-state index contributed by atoms with van der Waals surface area (Å²) in [5, 5.41) is 0. The molecule has 0 saturated carbocycles. The zero-order valence-electron chi connectivity index (χ0n) is 11.3. The quantitative estimate of drug-likeness (QED) is 0.896. The van der Waals surface area contributed by atoms with Gasteiger partial charge in [0.1, 0.15) is 5.82 Å². The van der Waals surface area contributed by atoms with E-state index in [-0.39, 0.29) is 5.82 Å². The fourth-order valence-corrected chi connectivity index (χ4v) is 2.02. The van der Waals surface area contributed by atoms with E-state index in [0.717, 1.165) is 18.9 Å². The Morgan fingerprint density at radius 3 is 2.28 bits per heavy atom. The Balaban J connectivity index is 0.000000199. The van der Waals surface area contributed by atoms with Gasteiger partial charge in [0.2, 0.25) is 0 Å². The molecule has 0 aliphatic carbocycles. The third-order valence-electron chi connectivity index (χ3n) is 3.29. The molecule has 0 unspecified atom stereocenters. The number of nitrogens with zero attached hydrogens (tertiary/aromatic N) is 1. The third kappa shape index (κ3) is 6.72. The van der Waals surface area contributed by atoms with Gasteiger partial charge in [0, 0.05) is 0 Å². The minimum Gasteiger partial charge on any atom is -0.330 e. The van der Waals surface area contributed by atoms with Crippen molar-refractivity contribution in [3.05, 3.63) is 36.1 Å². The Labute approximate surface area is 110 Å². The van der Waals surface area contributed by atoms with E-state index in [1.54, 1.807) is 18.2 Å². The summed E-state index contributed by atoms with van der Waals surface area (Å²) in [7, 11) is 0. The summed E-state index contributed by atoms with van der Waals surface area (Å²) < 4.78 is 11.9. The molecular formula is C15H25FN2. The van der Waals surface area contributed by atoms with Crippen molar-refractivity contribution >= 4 is 0 Å². The zero-order chi connectivity index (χ0) is 13.2. The van der Waals surface area contributed by atoms with E-state index >= 15 is 0 Å². The fraction of sp³-hybridized carbons (Fsp3) is 0.600. The van der Waals surface area contributed by atoms with Gasteiger partial charge in [0.25, 0.3) is 0 Å². The number of piperidine rings is 1. The fourth-order valence-electron chi connectivity index (χ4n) is 2.02. The zero-order valence-corrected chi connectivity index (χ0v) is 11.3. The summed E-state index contributed by atoms with van der Waals surface area (Å²) in [6, 6.07) is 7.94. The summed E-state index contributed by atoms with van der Waals surface area (Å²) in [4.78, 5) is 2.53. The lowest BCUT2D eigenvalue weighted by atomic mass is 9.99. The molecule has 1 aromatic carbocycles. The highest BCUT2D eigenvalue weighted by Gasteiger charge is 2.14. The van der Waals surface area contributed by atoms with Crippen LogP contribution in [-0.4, -0.2) is 31.1 Å². The molecule has 0 spiro atoms. The Bertz CT molecular complexity index is 292. The van der Waals surface area contributed by atoms with Gasteiger partial charge in [-0.3, -0.25) is 0 Å². The van der Waals surface area contributed by atoms with Crippen LogP contribution in [0.1, 0.15) is 26.2 Å². The molecule has 2 nitrogen and oxygen atoms in total. The van der Waals surface area contributed by atoms with Gasteiger partial charge in [0.05, 0.1) is 0 Å². The van der Waals surface area contributed by atoms with E-state index in [9.17, 15) is 4.39 Å². The number of benzene rings is 1. The van der Waals surface area contributed by atoms with Crippen molar-refractivity contribution in [2.75, 3.05) is 26.2 Å². The first-order valence-corrected chi connectivity index (χ1v) is 6.85. The highest BCUT2D eigenvalue weighted by atomic mass is 19.1. The molecule has 0 amide bonds. The van der Waals surface area contributed by atoms with Gasteiger partial charge in [-0.15, -0.1) is 0 Å². The SMILES string of the molecule is CC1CCN(CCCN)CC1.Fc1ccccc1. The average molecular weight is 252 g/mol. The van der Waals surface area contributed by atoms with Crippen molar-refractivity contribution in [3.8, 4) is 0 Å². The van der Waals surface area contributed by atoms with E-state index in [2.05, 4.69) is 11.8 Å². The minimum atomic E-state index is -0.178. The van der Waals surface area contributed by atoms with Crippen LogP contribution in [-0.2, 0) is 0 Å². The van der Waals surface area contributed by atoms with Crippen LogP contribution in [0.15, 0.2) is 30.3 Å². The van der Waals surface area contributed by atoms with Gasteiger partial charge >= 0.3 is 0 Å². The van der Waals surface area contributed by atoms with Crippen molar-refractivity contribution in [3.63, 3.8) is 0 Å². The van der Waals surface area contributed by atoms with Gasteiger partial charge < -0.3 is 10.6 Å². The molecule has 1 aliphatic rings. The Morgan fingerprint density at radius 1 is 1.22 bits per heavy atom. The molecule has 0 atom stereocenters. The Kier molecular flexibility index (Phi) is 7.62. The summed E-state index contributed by atoms with van der Waals surface area (Å²) in [5.41, 5.74) is 5.45. The number of likely N-dealkylation sites (tertiary alicyclic amines) is 1. The van der Waals surface area contributed by atoms with Gasteiger partial charge in [-0.25, -0.2) is 4.39 Å². The first kappa shape index (κ1) is 15.1. The topological polar surface area (TPSA) is 29.3 Å². The maximum absolute atomic E-state index is 11.9. The van der Waals surface area contributed by atoms with Crippen molar-refractivity contribution < 1.29 is 4.39 Å². The first-order valence-electron chi connectivity index (χ1n) is 6.85. The van der Waals surface area contributed by atoms with Gasteiger partial charge in [-0.2, -0.15) is 0 Å². The van der Waals surface area contributed by atoms with Crippen LogP contribution in [0.5, 0.6) is 0 Å². The number of halogens is 1. The molecule has 2 N–H and O–H groups in total. The lowest BCUT2D eigenvalue weighted by molar-refractivity contribution is 0.191. The second-order valence-electron chi connectivity index (χ2n) is 4.96. The predicted molar refractivity (Wildman–Crippen MR) is 74.9 cm³/mol. The monoisotopic (exact) mass is 252 g/mol. The van der Waals surface area contributed by atoms with Crippen LogP contribution in [0.25, 0.3) is 0 Å². The van der Waals surface area contributed by atoms with Crippen molar-refractivity contribution in [1.29, 1.82) is 0 Å². The molecule has 2 rings (SSSR count). The molecular weight excluding hydrogens is 227 g/mol. The smallest absolute Gasteiger partial charge is 0.123 e. The molecule has 1 saturated heterocycles. The largest absolute Gasteiger partial charge is 0.330 e. The standard InChI is InChI=1S/C9H20N2.C6H5F/c1-9-3-7-11(8-4-9)6-2-5-10;7-6-4-2-1-3-5-6/h9H,2-8,10H2,1H3;1-5H. The summed E-state index contributed by atoms with van der Waals surface area (Å²) in [6.45, 7) is 6.98. The predicted octanol–water partition coefficient (Wildman–Crippen LogP) is 2.89. The van der Waals surface area contributed by atoms with E-state index in [4.69, 9.17) is 5.73 Å². The minimum absolute atomic E-state index is 0.178. The number of hydrogen-bond acceptors (Lipinski definition) is 2. The Hall–Kier alpha value is -0.930. The lowest BCUT2D eigenvalue weighted by Crippen LogP contribution is -2.34. The van der Waals surface area contributed by atoms with E-state index < -0.39 is 0 Å². The van der Waals surface area contributed by atoms with Crippen molar-refractivity contribution in [2.24, 2.45) is 11.7 Å². The molecule has 0 aromatic heterocycles. The third-order valence-corrected chi connectivity index (χ3v) is 3.29. The first-order chi connectivity index (χ1) is 8.72.